The summed E-state index contributed by atoms with van der Waals surface area (Å²) in [5.74, 6) is 1.03. The Morgan fingerprint density at radius 2 is 1.17 bits per heavy atom. The molecular formula is C50H46O7S. The standard InChI is InChI=1S/C50H46O7S/c1-52-43-29-44(54-31-36-18-8-3-9-19-36)42(28-40(43)27-41-26-39-24-14-15-25-46(39)58-41)48-50(56-33-38-22-12-5-13-23-38)49(55-32-37-20-10-4-11-21-37)47(51)45(57-48)34-53-30-35-16-6-2-7-17-35/h2-26,28-29,45,48-50H,27,30-34H2,1H3/t45-,48-,49+,50+/m1/s1. The van der Waals surface area contributed by atoms with Gasteiger partial charge in [-0.25, -0.2) is 0 Å². The van der Waals surface area contributed by atoms with E-state index in [-0.39, 0.29) is 25.6 Å². The number of hydrogen-bond donors (Lipinski definition) is 0. The van der Waals surface area contributed by atoms with E-state index >= 15 is 0 Å². The van der Waals surface area contributed by atoms with Gasteiger partial charge in [-0.2, -0.15) is 0 Å². The van der Waals surface area contributed by atoms with Crippen LogP contribution in [0.5, 0.6) is 11.5 Å². The first kappa shape index (κ1) is 39.2. The second kappa shape index (κ2) is 19.2. The summed E-state index contributed by atoms with van der Waals surface area (Å²) >= 11 is 1.76. The molecule has 1 saturated heterocycles. The zero-order valence-electron chi connectivity index (χ0n) is 32.4. The molecule has 4 atom stereocenters. The molecule has 0 spiro atoms. The van der Waals surface area contributed by atoms with E-state index in [0.29, 0.717) is 31.1 Å². The fourth-order valence-corrected chi connectivity index (χ4v) is 8.37. The molecule has 7 nitrogen and oxygen atoms in total. The van der Waals surface area contributed by atoms with Crippen LogP contribution >= 0.6 is 11.3 Å². The third-order valence-electron chi connectivity index (χ3n) is 10.2. The number of ether oxygens (including phenoxy) is 6. The summed E-state index contributed by atoms with van der Waals surface area (Å²) < 4.78 is 40.5. The molecule has 0 amide bonds. The maximum absolute atomic E-state index is 14.6. The van der Waals surface area contributed by atoms with Crippen LogP contribution in [0.25, 0.3) is 10.1 Å². The average molecular weight is 791 g/mol. The first-order chi connectivity index (χ1) is 28.6. The van der Waals surface area contributed by atoms with Gasteiger partial charge in [0.1, 0.15) is 42.5 Å². The SMILES string of the molecule is COc1cc(OCc2ccccc2)c([C@H]2O[C@H](COCc3ccccc3)C(=O)[C@H](OCc3ccccc3)[C@H]2OCc2ccccc2)cc1Cc1cc2ccccc2s1. The lowest BCUT2D eigenvalue weighted by molar-refractivity contribution is -0.213. The van der Waals surface area contributed by atoms with Gasteiger partial charge in [0.2, 0.25) is 0 Å². The molecule has 0 aliphatic carbocycles. The molecule has 7 aromatic rings. The molecule has 8 heteroatoms. The Balaban J connectivity index is 1.20. The van der Waals surface area contributed by atoms with E-state index in [1.165, 1.54) is 15.0 Å². The van der Waals surface area contributed by atoms with Crippen molar-refractivity contribution in [2.24, 2.45) is 0 Å². The monoisotopic (exact) mass is 790 g/mol. The van der Waals surface area contributed by atoms with Crippen LogP contribution in [0.1, 0.15) is 44.4 Å². The van der Waals surface area contributed by atoms with Crippen molar-refractivity contribution in [3.63, 3.8) is 0 Å². The first-order valence-electron chi connectivity index (χ1n) is 19.6. The molecule has 0 bridgehead atoms. The first-order valence-corrected chi connectivity index (χ1v) is 20.4. The maximum atomic E-state index is 14.6. The second-order valence-electron chi connectivity index (χ2n) is 14.3. The summed E-state index contributed by atoms with van der Waals surface area (Å²) in [5, 5.41) is 1.20. The Hall–Kier alpha value is -5.61. The number of Topliss-reactive ketones (excluding diaryl/α,β-unsaturated/α-hetero) is 1. The van der Waals surface area contributed by atoms with Crippen molar-refractivity contribution in [3.8, 4) is 11.5 Å². The van der Waals surface area contributed by atoms with Gasteiger partial charge in [-0.3, -0.25) is 4.79 Å². The molecular weight excluding hydrogens is 745 g/mol. The lowest BCUT2D eigenvalue weighted by Gasteiger charge is -2.41. The Bertz CT molecular complexity index is 2330. The van der Waals surface area contributed by atoms with Crippen LogP contribution in [0.15, 0.2) is 164 Å². The van der Waals surface area contributed by atoms with Crippen molar-refractivity contribution < 1.29 is 33.2 Å². The quantitative estimate of drug-likeness (QED) is 0.0910. The van der Waals surface area contributed by atoms with Gasteiger partial charge in [-0.05, 0) is 51.4 Å². The second-order valence-corrected chi connectivity index (χ2v) is 15.5. The lowest BCUT2D eigenvalue weighted by Crippen LogP contribution is -2.54. The molecule has 1 aromatic heterocycles. The number of carbonyl (C=O) groups is 1. The normalized spacial score (nSPS) is 18.0. The summed E-state index contributed by atoms with van der Waals surface area (Å²) in [6, 6.07) is 54.4. The fourth-order valence-electron chi connectivity index (χ4n) is 7.28. The zero-order valence-corrected chi connectivity index (χ0v) is 33.2. The largest absolute Gasteiger partial charge is 0.496 e. The van der Waals surface area contributed by atoms with Crippen LogP contribution < -0.4 is 9.47 Å². The highest BCUT2D eigenvalue weighted by molar-refractivity contribution is 7.19. The number of thiophene rings is 1. The Kier molecular flexibility index (Phi) is 13.0. The average Bonchev–Trinajstić information content (AvgIpc) is 3.69. The van der Waals surface area contributed by atoms with Crippen LogP contribution in [-0.4, -0.2) is 37.8 Å². The van der Waals surface area contributed by atoms with Crippen LogP contribution in [-0.2, 0) is 56.6 Å². The predicted molar refractivity (Wildman–Crippen MR) is 227 cm³/mol. The van der Waals surface area contributed by atoms with E-state index in [4.69, 9.17) is 28.4 Å². The summed E-state index contributed by atoms with van der Waals surface area (Å²) in [6.45, 7) is 1.13. The van der Waals surface area contributed by atoms with Gasteiger partial charge < -0.3 is 28.4 Å². The minimum Gasteiger partial charge on any atom is -0.496 e. The third-order valence-corrected chi connectivity index (χ3v) is 11.4. The van der Waals surface area contributed by atoms with Crippen molar-refractivity contribution in [1.29, 1.82) is 0 Å². The van der Waals surface area contributed by atoms with Gasteiger partial charge in [0.25, 0.3) is 0 Å². The van der Waals surface area contributed by atoms with Crippen LogP contribution in [0.2, 0.25) is 0 Å². The van der Waals surface area contributed by atoms with Crippen molar-refractivity contribution in [3.05, 3.63) is 202 Å². The molecule has 1 fully saturated rings. The number of hydrogen-bond acceptors (Lipinski definition) is 8. The molecule has 58 heavy (non-hydrogen) atoms. The predicted octanol–water partition coefficient (Wildman–Crippen LogP) is 10.5. The van der Waals surface area contributed by atoms with Crippen LogP contribution in [0.4, 0.5) is 0 Å². The summed E-state index contributed by atoms with van der Waals surface area (Å²) in [6.07, 6.45) is -2.94. The Labute approximate surface area is 343 Å². The molecule has 0 unspecified atom stereocenters. The van der Waals surface area contributed by atoms with E-state index in [9.17, 15) is 4.79 Å². The number of benzene rings is 6. The Morgan fingerprint density at radius 1 is 0.603 bits per heavy atom. The van der Waals surface area contributed by atoms with Crippen molar-refractivity contribution in [2.75, 3.05) is 13.7 Å². The minimum absolute atomic E-state index is 0.0336. The maximum Gasteiger partial charge on any atom is 0.195 e. The highest BCUT2D eigenvalue weighted by Crippen LogP contribution is 2.43. The van der Waals surface area contributed by atoms with Gasteiger partial charge in [0.05, 0.1) is 33.5 Å². The molecule has 1 aliphatic heterocycles. The van der Waals surface area contributed by atoms with Crippen molar-refractivity contribution >= 4 is 27.2 Å². The van der Waals surface area contributed by atoms with Gasteiger partial charge in [0.15, 0.2) is 5.78 Å². The van der Waals surface area contributed by atoms with Gasteiger partial charge in [0, 0.05) is 27.6 Å². The fraction of sp³-hybridized carbons (Fsp3) is 0.220. The molecule has 0 N–H and O–H groups in total. The van der Waals surface area contributed by atoms with Gasteiger partial charge >= 0.3 is 0 Å². The van der Waals surface area contributed by atoms with Gasteiger partial charge in [-0.15, -0.1) is 11.3 Å². The minimum atomic E-state index is -0.983. The lowest BCUT2D eigenvalue weighted by atomic mass is 9.89. The molecule has 0 radical (unpaired) electrons. The van der Waals surface area contributed by atoms with Crippen molar-refractivity contribution in [2.45, 2.75) is 57.3 Å². The van der Waals surface area contributed by atoms with Gasteiger partial charge in [-0.1, -0.05) is 140 Å². The summed E-state index contributed by atoms with van der Waals surface area (Å²) in [4.78, 5) is 15.8. The van der Waals surface area contributed by atoms with Crippen molar-refractivity contribution in [1.82, 2.24) is 0 Å². The molecule has 1 aliphatic rings. The number of methoxy groups -OCH3 is 1. The number of fused-ring (bicyclic) bond motifs is 1. The number of rotatable bonds is 17. The van der Waals surface area contributed by atoms with E-state index < -0.39 is 24.4 Å². The smallest absolute Gasteiger partial charge is 0.195 e. The molecule has 2 heterocycles. The molecule has 0 saturated carbocycles. The summed E-state index contributed by atoms with van der Waals surface area (Å²) in [7, 11) is 1.68. The molecule has 8 rings (SSSR count). The van der Waals surface area contributed by atoms with Crippen LogP contribution in [0.3, 0.4) is 0 Å². The zero-order chi connectivity index (χ0) is 39.5. The van der Waals surface area contributed by atoms with E-state index in [2.05, 4.69) is 36.4 Å². The highest BCUT2D eigenvalue weighted by atomic mass is 32.1. The van der Waals surface area contributed by atoms with Crippen LogP contribution in [0, 0.1) is 0 Å². The Morgan fingerprint density at radius 3 is 1.79 bits per heavy atom. The molecule has 294 valence electrons. The topological polar surface area (TPSA) is 72.5 Å². The number of ketones is 1. The van der Waals surface area contributed by atoms with E-state index in [1.807, 2.05) is 127 Å². The highest BCUT2D eigenvalue weighted by Gasteiger charge is 2.48. The number of carbonyl (C=O) groups excluding carboxylic acids is 1. The third kappa shape index (κ3) is 9.73. The van der Waals surface area contributed by atoms with E-state index in [0.717, 1.165) is 33.4 Å². The molecule has 6 aromatic carbocycles. The summed E-state index contributed by atoms with van der Waals surface area (Å²) in [5.41, 5.74) is 5.61. The van der Waals surface area contributed by atoms with E-state index in [1.54, 1.807) is 18.4 Å².